The Morgan fingerprint density at radius 1 is 1.30 bits per heavy atom. The zero-order chi connectivity index (χ0) is 14.1. The maximum absolute atomic E-state index is 13.8. The molecule has 0 bridgehead atoms. The van der Waals surface area contributed by atoms with E-state index in [9.17, 15) is 4.39 Å². The molecule has 6 heteroatoms. The topological polar surface area (TPSA) is 67.1 Å². The van der Waals surface area contributed by atoms with Crippen molar-refractivity contribution in [2.24, 2.45) is 0 Å². The highest BCUT2D eigenvalue weighted by atomic mass is 19.1. The van der Waals surface area contributed by atoms with E-state index in [1.165, 1.54) is 12.1 Å². The normalized spacial score (nSPS) is 14.9. The second-order valence-electron chi connectivity index (χ2n) is 4.92. The molecule has 2 aromatic rings. The summed E-state index contributed by atoms with van der Waals surface area (Å²) in [5.41, 5.74) is 7.04. The lowest BCUT2D eigenvalue weighted by molar-refractivity contribution is 0.426. The number of hydrogen-bond acceptors (Lipinski definition) is 5. The lowest BCUT2D eigenvalue weighted by Crippen LogP contribution is -2.56. The number of aromatic nitrogens is 2. The Morgan fingerprint density at radius 3 is 2.70 bits per heavy atom. The molecular formula is C14H16FN5. The van der Waals surface area contributed by atoms with Gasteiger partial charge in [-0.2, -0.15) is 0 Å². The van der Waals surface area contributed by atoms with Gasteiger partial charge < -0.3 is 16.0 Å². The minimum absolute atomic E-state index is 0.349. The van der Waals surface area contributed by atoms with Crippen LogP contribution in [0, 0.1) is 5.82 Å². The van der Waals surface area contributed by atoms with E-state index in [-0.39, 0.29) is 5.82 Å². The lowest BCUT2D eigenvalue weighted by Gasteiger charge is -2.36. The number of likely N-dealkylation sites (N-methyl/N-ethyl adjacent to an activating group) is 1. The van der Waals surface area contributed by atoms with Crippen LogP contribution in [0.25, 0.3) is 11.3 Å². The average Bonchev–Trinajstić information content (AvgIpc) is 2.40. The molecule has 1 aromatic carbocycles. The van der Waals surface area contributed by atoms with Crippen LogP contribution in [-0.2, 0) is 0 Å². The van der Waals surface area contributed by atoms with E-state index >= 15 is 0 Å². The molecule has 0 aliphatic carbocycles. The van der Waals surface area contributed by atoms with E-state index in [0.29, 0.717) is 23.0 Å². The summed E-state index contributed by atoms with van der Waals surface area (Å²) < 4.78 is 13.8. The number of anilines is 2. The van der Waals surface area contributed by atoms with E-state index in [1.54, 1.807) is 18.5 Å². The van der Waals surface area contributed by atoms with Crippen LogP contribution >= 0.6 is 0 Å². The zero-order valence-electron chi connectivity index (χ0n) is 11.2. The Bertz CT molecular complexity index is 609. The third-order valence-corrected chi connectivity index (χ3v) is 3.57. The van der Waals surface area contributed by atoms with Crippen LogP contribution in [-0.4, -0.2) is 36.1 Å². The summed E-state index contributed by atoms with van der Waals surface area (Å²) in [4.78, 5) is 10.7. The molecule has 3 rings (SSSR count). The van der Waals surface area contributed by atoms with Crippen molar-refractivity contribution in [3.05, 3.63) is 36.4 Å². The molecule has 0 radical (unpaired) electrons. The summed E-state index contributed by atoms with van der Waals surface area (Å²) in [6.07, 6.45) is 3.24. The van der Waals surface area contributed by atoms with Crippen molar-refractivity contribution in [2.75, 3.05) is 30.8 Å². The first-order chi connectivity index (χ1) is 9.65. The van der Waals surface area contributed by atoms with Gasteiger partial charge in [-0.05, 0) is 18.2 Å². The first-order valence-corrected chi connectivity index (χ1v) is 6.46. The number of nitrogen functional groups attached to an aromatic ring is 1. The summed E-state index contributed by atoms with van der Waals surface area (Å²) in [6, 6.07) is 4.88. The third kappa shape index (κ3) is 2.30. The standard InChI is InChI=1S/C14H16FN5/c1-20(10-5-17-6-10)14-8-18-13(7-19-14)11-4-9(16)2-3-12(11)15/h2-4,7-8,10,17H,5-6,16H2,1H3. The van der Waals surface area contributed by atoms with Gasteiger partial charge in [0.15, 0.2) is 0 Å². The Hall–Kier alpha value is -2.21. The fraction of sp³-hybridized carbons (Fsp3) is 0.286. The van der Waals surface area contributed by atoms with Crippen LogP contribution in [0.3, 0.4) is 0 Å². The monoisotopic (exact) mass is 273 g/mol. The molecule has 0 spiro atoms. The largest absolute Gasteiger partial charge is 0.399 e. The van der Waals surface area contributed by atoms with Gasteiger partial charge in [0, 0.05) is 31.4 Å². The van der Waals surface area contributed by atoms with Crippen LogP contribution in [0.5, 0.6) is 0 Å². The maximum atomic E-state index is 13.8. The van der Waals surface area contributed by atoms with E-state index < -0.39 is 0 Å². The average molecular weight is 273 g/mol. The molecule has 1 aliphatic rings. The summed E-state index contributed by atoms with van der Waals surface area (Å²) in [5, 5.41) is 3.21. The molecule has 20 heavy (non-hydrogen) atoms. The Balaban J connectivity index is 1.87. The van der Waals surface area contributed by atoms with Crippen LogP contribution in [0.2, 0.25) is 0 Å². The van der Waals surface area contributed by atoms with Gasteiger partial charge in [0.25, 0.3) is 0 Å². The van der Waals surface area contributed by atoms with Crippen molar-refractivity contribution in [3.8, 4) is 11.3 Å². The molecule has 1 fully saturated rings. The number of rotatable bonds is 3. The number of halogens is 1. The Morgan fingerprint density at radius 2 is 2.10 bits per heavy atom. The number of nitrogens with one attached hydrogen (secondary N) is 1. The fourth-order valence-corrected chi connectivity index (χ4v) is 2.12. The van der Waals surface area contributed by atoms with Gasteiger partial charge in [-0.3, -0.25) is 4.98 Å². The summed E-state index contributed by atoms with van der Waals surface area (Å²) in [5.74, 6) is 0.433. The number of benzene rings is 1. The predicted molar refractivity (Wildman–Crippen MR) is 76.9 cm³/mol. The van der Waals surface area contributed by atoms with Crippen molar-refractivity contribution in [1.82, 2.24) is 15.3 Å². The summed E-state index contributed by atoms with van der Waals surface area (Å²) >= 11 is 0. The molecule has 0 atom stereocenters. The van der Waals surface area contributed by atoms with Crippen LogP contribution < -0.4 is 16.0 Å². The van der Waals surface area contributed by atoms with Crippen LogP contribution in [0.15, 0.2) is 30.6 Å². The highest BCUT2D eigenvalue weighted by Crippen LogP contribution is 2.24. The highest BCUT2D eigenvalue weighted by molar-refractivity contribution is 5.64. The van der Waals surface area contributed by atoms with Crippen molar-refractivity contribution in [2.45, 2.75) is 6.04 Å². The SMILES string of the molecule is CN(c1cnc(-c2cc(N)ccc2F)cn1)C1CNC1. The maximum Gasteiger partial charge on any atom is 0.147 e. The van der Waals surface area contributed by atoms with E-state index in [2.05, 4.69) is 20.2 Å². The van der Waals surface area contributed by atoms with E-state index in [1.807, 2.05) is 7.05 Å². The molecule has 1 aromatic heterocycles. The van der Waals surface area contributed by atoms with Gasteiger partial charge in [-0.25, -0.2) is 9.37 Å². The first-order valence-electron chi connectivity index (χ1n) is 6.46. The third-order valence-electron chi connectivity index (χ3n) is 3.57. The van der Waals surface area contributed by atoms with Gasteiger partial charge in [-0.15, -0.1) is 0 Å². The molecular weight excluding hydrogens is 257 g/mol. The van der Waals surface area contributed by atoms with Crippen molar-refractivity contribution in [3.63, 3.8) is 0 Å². The van der Waals surface area contributed by atoms with Crippen LogP contribution in [0.1, 0.15) is 0 Å². The van der Waals surface area contributed by atoms with Gasteiger partial charge in [0.1, 0.15) is 11.6 Å². The number of nitrogens with zero attached hydrogens (tertiary/aromatic N) is 3. The van der Waals surface area contributed by atoms with E-state index in [4.69, 9.17) is 5.73 Å². The Labute approximate surface area is 116 Å². The van der Waals surface area contributed by atoms with Gasteiger partial charge in [0.2, 0.25) is 0 Å². The molecule has 3 N–H and O–H groups in total. The quantitative estimate of drug-likeness (QED) is 0.824. The second kappa shape index (κ2) is 5.05. The number of hydrogen-bond donors (Lipinski definition) is 2. The zero-order valence-corrected chi connectivity index (χ0v) is 11.2. The minimum atomic E-state index is -0.349. The molecule has 0 saturated carbocycles. The lowest BCUT2D eigenvalue weighted by atomic mass is 10.1. The minimum Gasteiger partial charge on any atom is -0.399 e. The van der Waals surface area contributed by atoms with E-state index in [0.717, 1.165) is 18.9 Å². The molecule has 104 valence electrons. The van der Waals surface area contributed by atoms with Crippen LogP contribution in [0.4, 0.5) is 15.9 Å². The van der Waals surface area contributed by atoms with Gasteiger partial charge in [0.05, 0.1) is 24.1 Å². The molecule has 5 nitrogen and oxygen atoms in total. The smallest absolute Gasteiger partial charge is 0.147 e. The predicted octanol–water partition coefficient (Wildman–Crippen LogP) is 1.27. The van der Waals surface area contributed by atoms with Gasteiger partial charge in [-0.1, -0.05) is 0 Å². The second-order valence-corrected chi connectivity index (χ2v) is 4.92. The van der Waals surface area contributed by atoms with Crippen molar-refractivity contribution < 1.29 is 4.39 Å². The number of nitrogens with two attached hydrogens (primary N) is 1. The van der Waals surface area contributed by atoms with Crippen molar-refractivity contribution in [1.29, 1.82) is 0 Å². The molecule has 1 aliphatic heterocycles. The summed E-state index contributed by atoms with van der Waals surface area (Å²) in [7, 11) is 1.98. The molecule has 0 amide bonds. The molecule has 2 heterocycles. The van der Waals surface area contributed by atoms with Gasteiger partial charge >= 0.3 is 0 Å². The first kappa shape index (κ1) is 12.8. The Kier molecular flexibility index (Phi) is 3.23. The highest BCUT2D eigenvalue weighted by Gasteiger charge is 2.22. The summed E-state index contributed by atoms with van der Waals surface area (Å²) in [6.45, 7) is 1.90. The van der Waals surface area contributed by atoms with Crippen molar-refractivity contribution >= 4 is 11.5 Å². The molecule has 0 unspecified atom stereocenters. The fourth-order valence-electron chi connectivity index (χ4n) is 2.12. The molecule has 1 saturated heterocycles.